The average molecular weight is 565 g/mol. The van der Waals surface area contributed by atoms with E-state index >= 15 is 0 Å². The summed E-state index contributed by atoms with van der Waals surface area (Å²) in [5, 5.41) is 16.2. The second kappa shape index (κ2) is 11.0. The van der Waals surface area contributed by atoms with Gasteiger partial charge < -0.3 is 15.4 Å². The predicted molar refractivity (Wildman–Crippen MR) is 140 cm³/mol. The van der Waals surface area contributed by atoms with Crippen LogP contribution in [0.5, 0.6) is 5.75 Å². The molecule has 0 atom stereocenters. The topological polar surface area (TPSA) is 131 Å². The number of anilines is 1. The molecule has 0 spiro atoms. The van der Waals surface area contributed by atoms with Crippen molar-refractivity contribution in [3.63, 3.8) is 0 Å². The number of aryl methyl sites for hydroxylation is 1. The van der Waals surface area contributed by atoms with E-state index in [4.69, 9.17) is 4.74 Å². The third-order valence-corrected chi connectivity index (χ3v) is 5.88. The van der Waals surface area contributed by atoms with Gasteiger partial charge in [-0.15, -0.1) is 0 Å². The van der Waals surface area contributed by atoms with Gasteiger partial charge in [0, 0.05) is 27.9 Å². The maximum Gasteiger partial charge on any atom is 0.329 e. The lowest BCUT2D eigenvalue weighted by molar-refractivity contribution is -0.384. The van der Waals surface area contributed by atoms with Crippen LogP contribution in [0.3, 0.4) is 0 Å². The lowest BCUT2D eigenvalue weighted by Gasteiger charge is -2.12. The van der Waals surface area contributed by atoms with Gasteiger partial charge in [0.1, 0.15) is 24.6 Å². The maximum atomic E-state index is 12.9. The SMILES string of the molecule is Cc1ccc(NC(=O)CN2C(=O)N/C(=C/c3cc(Br)ccc3OCc3cccc([N+](=O)[O-])c3)C2=O)cc1. The molecule has 1 fully saturated rings. The molecule has 1 aliphatic rings. The fourth-order valence-corrected chi connectivity index (χ4v) is 3.91. The molecule has 0 unspecified atom stereocenters. The quantitative estimate of drug-likeness (QED) is 0.175. The highest BCUT2D eigenvalue weighted by Crippen LogP contribution is 2.28. The number of urea groups is 1. The van der Waals surface area contributed by atoms with Crippen LogP contribution in [-0.4, -0.2) is 34.2 Å². The second-order valence-corrected chi connectivity index (χ2v) is 9.11. The van der Waals surface area contributed by atoms with Crippen LogP contribution in [0.1, 0.15) is 16.7 Å². The third-order valence-electron chi connectivity index (χ3n) is 5.39. The Morgan fingerprint density at radius 1 is 1.14 bits per heavy atom. The number of imide groups is 1. The monoisotopic (exact) mass is 564 g/mol. The van der Waals surface area contributed by atoms with Crippen molar-refractivity contribution in [2.45, 2.75) is 13.5 Å². The van der Waals surface area contributed by atoms with Crippen LogP contribution in [0.2, 0.25) is 0 Å². The number of non-ortho nitro benzene ring substituents is 1. The Hall–Kier alpha value is -4.51. The smallest absolute Gasteiger partial charge is 0.329 e. The number of nitrogens with zero attached hydrogens (tertiary/aromatic N) is 2. The molecule has 11 heteroatoms. The number of hydrogen-bond donors (Lipinski definition) is 2. The molecule has 188 valence electrons. The first-order valence-corrected chi connectivity index (χ1v) is 11.9. The molecular weight excluding hydrogens is 544 g/mol. The summed E-state index contributed by atoms with van der Waals surface area (Å²) in [5.41, 5.74) is 2.58. The Balaban J connectivity index is 1.48. The van der Waals surface area contributed by atoms with Crippen molar-refractivity contribution in [2.24, 2.45) is 0 Å². The number of nitro groups is 1. The first-order chi connectivity index (χ1) is 17.7. The molecular formula is C26H21BrN4O6. The molecule has 1 saturated heterocycles. The molecule has 4 amide bonds. The average Bonchev–Trinajstić information content (AvgIpc) is 3.12. The van der Waals surface area contributed by atoms with Gasteiger partial charge in [-0.05, 0) is 48.9 Å². The molecule has 1 heterocycles. The fourth-order valence-electron chi connectivity index (χ4n) is 3.54. The van der Waals surface area contributed by atoms with E-state index in [2.05, 4.69) is 26.6 Å². The first kappa shape index (κ1) is 25.6. The molecule has 0 radical (unpaired) electrons. The number of ether oxygens (including phenoxy) is 1. The van der Waals surface area contributed by atoms with Crippen LogP contribution < -0.4 is 15.4 Å². The summed E-state index contributed by atoms with van der Waals surface area (Å²) < 4.78 is 6.56. The standard InChI is InChI=1S/C26H21BrN4O6/c1-16-5-8-20(9-6-16)28-24(32)14-30-25(33)22(29-26(30)34)13-18-12-19(27)7-10-23(18)37-15-17-3-2-4-21(11-17)31(35)36/h2-13H,14-15H2,1H3,(H,28,32)(H,29,34)/b22-13+. The summed E-state index contributed by atoms with van der Waals surface area (Å²) in [5.74, 6) is -0.787. The summed E-state index contributed by atoms with van der Waals surface area (Å²) in [6.45, 7) is 1.51. The van der Waals surface area contributed by atoms with Crippen molar-refractivity contribution in [2.75, 3.05) is 11.9 Å². The third kappa shape index (κ3) is 6.39. The normalized spacial score (nSPS) is 14.0. The molecule has 0 aromatic heterocycles. The van der Waals surface area contributed by atoms with E-state index in [9.17, 15) is 24.5 Å². The summed E-state index contributed by atoms with van der Waals surface area (Å²) in [4.78, 5) is 49.1. The molecule has 0 bridgehead atoms. The predicted octanol–water partition coefficient (Wildman–Crippen LogP) is 4.78. The first-order valence-electron chi connectivity index (χ1n) is 11.1. The van der Waals surface area contributed by atoms with Gasteiger partial charge >= 0.3 is 6.03 Å². The van der Waals surface area contributed by atoms with Crippen LogP contribution in [0.25, 0.3) is 6.08 Å². The lowest BCUT2D eigenvalue weighted by atomic mass is 10.1. The lowest BCUT2D eigenvalue weighted by Crippen LogP contribution is -2.38. The Morgan fingerprint density at radius 2 is 1.89 bits per heavy atom. The number of benzene rings is 3. The molecule has 37 heavy (non-hydrogen) atoms. The van der Waals surface area contributed by atoms with E-state index in [0.29, 0.717) is 27.0 Å². The van der Waals surface area contributed by atoms with Crippen LogP contribution in [0.15, 0.2) is 76.9 Å². The highest BCUT2D eigenvalue weighted by Gasteiger charge is 2.35. The molecule has 3 aromatic rings. The van der Waals surface area contributed by atoms with E-state index < -0.39 is 29.3 Å². The van der Waals surface area contributed by atoms with Gasteiger partial charge in [-0.3, -0.25) is 19.7 Å². The van der Waals surface area contributed by atoms with E-state index in [1.54, 1.807) is 42.5 Å². The summed E-state index contributed by atoms with van der Waals surface area (Å²) in [6.07, 6.45) is 1.45. The molecule has 2 N–H and O–H groups in total. The van der Waals surface area contributed by atoms with Gasteiger partial charge in [-0.1, -0.05) is 45.8 Å². The molecule has 10 nitrogen and oxygen atoms in total. The van der Waals surface area contributed by atoms with Crippen LogP contribution in [0, 0.1) is 17.0 Å². The van der Waals surface area contributed by atoms with Crippen LogP contribution >= 0.6 is 15.9 Å². The minimum Gasteiger partial charge on any atom is -0.488 e. The number of rotatable bonds is 8. The van der Waals surface area contributed by atoms with Crippen molar-refractivity contribution >= 4 is 51.2 Å². The number of hydrogen-bond acceptors (Lipinski definition) is 6. The summed E-state index contributed by atoms with van der Waals surface area (Å²) in [6, 6.07) is 17.6. The number of halogens is 1. The van der Waals surface area contributed by atoms with Crippen LogP contribution in [-0.2, 0) is 16.2 Å². The van der Waals surface area contributed by atoms with E-state index in [1.165, 1.54) is 18.2 Å². The highest BCUT2D eigenvalue weighted by molar-refractivity contribution is 9.10. The fraction of sp³-hybridized carbons (Fsp3) is 0.115. The Morgan fingerprint density at radius 3 is 2.62 bits per heavy atom. The number of nitrogens with one attached hydrogen (secondary N) is 2. The number of nitro benzene ring substituents is 1. The van der Waals surface area contributed by atoms with Crippen molar-refractivity contribution < 1.29 is 24.0 Å². The highest BCUT2D eigenvalue weighted by atomic mass is 79.9. The zero-order valence-electron chi connectivity index (χ0n) is 19.6. The molecule has 4 rings (SSSR count). The largest absolute Gasteiger partial charge is 0.488 e. The zero-order valence-corrected chi connectivity index (χ0v) is 21.2. The van der Waals surface area contributed by atoms with Gasteiger partial charge in [-0.2, -0.15) is 0 Å². The van der Waals surface area contributed by atoms with E-state index in [0.717, 1.165) is 10.5 Å². The Kier molecular flexibility index (Phi) is 7.63. The number of amides is 4. The molecule has 1 aliphatic heterocycles. The molecule has 0 aliphatic carbocycles. The minimum atomic E-state index is -0.718. The zero-order chi connectivity index (χ0) is 26.5. The summed E-state index contributed by atoms with van der Waals surface area (Å²) in [7, 11) is 0. The van der Waals surface area contributed by atoms with Gasteiger partial charge in [-0.25, -0.2) is 9.69 Å². The number of carbonyl (C=O) groups is 3. The van der Waals surface area contributed by atoms with Gasteiger partial charge in [0.2, 0.25) is 5.91 Å². The van der Waals surface area contributed by atoms with E-state index in [-0.39, 0.29) is 18.0 Å². The van der Waals surface area contributed by atoms with Crippen molar-refractivity contribution in [3.8, 4) is 5.75 Å². The molecule has 0 saturated carbocycles. The molecule has 3 aromatic carbocycles. The van der Waals surface area contributed by atoms with E-state index in [1.807, 2.05) is 19.1 Å². The van der Waals surface area contributed by atoms with Crippen molar-refractivity contribution in [1.82, 2.24) is 10.2 Å². The van der Waals surface area contributed by atoms with Crippen LogP contribution in [0.4, 0.5) is 16.2 Å². The van der Waals surface area contributed by atoms with Gasteiger partial charge in [0.15, 0.2) is 0 Å². The van der Waals surface area contributed by atoms with Crippen molar-refractivity contribution in [3.05, 3.63) is 104 Å². The maximum absolute atomic E-state index is 12.9. The van der Waals surface area contributed by atoms with Gasteiger partial charge in [0.05, 0.1) is 4.92 Å². The Labute approximate surface area is 220 Å². The summed E-state index contributed by atoms with van der Waals surface area (Å²) >= 11 is 3.38. The van der Waals surface area contributed by atoms with Crippen molar-refractivity contribution in [1.29, 1.82) is 0 Å². The Bertz CT molecular complexity index is 1420. The number of carbonyl (C=O) groups excluding carboxylic acids is 3. The minimum absolute atomic E-state index is 0.0218. The van der Waals surface area contributed by atoms with Gasteiger partial charge in [0.25, 0.3) is 11.6 Å². The second-order valence-electron chi connectivity index (χ2n) is 8.19.